The third-order valence-electron chi connectivity index (χ3n) is 5.11. The van der Waals surface area contributed by atoms with Crippen molar-refractivity contribution in [2.75, 3.05) is 13.7 Å². The van der Waals surface area contributed by atoms with Crippen LogP contribution in [0.2, 0.25) is 5.02 Å². The number of hydrogen-bond acceptors (Lipinski definition) is 6. The van der Waals surface area contributed by atoms with Crippen molar-refractivity contribution in [3.05, 3.63) is 88.8 Å². The number of hydrogen-bond donors (Lipinski definition) is 0. The van der Waals surface area contributed by atoms with Crippen LogP contribution in [0.25, 0.3) is 0 Å². The number of methoxy groups -OCH3 is 1. The lowest BCUT2D eigenvalue weighted by atomic mass is 10.0. The quantitative estimate of drug-likeness (QED) is 0.496. The summed E-state index contributed by atoms with van der Waals surface area (Å²) in [4.78, 5) is 25.1. The van der Waals surface area contributed by atoms with Gasteiger partial charge in [0.25, 0.3) is 5.91 Å². The molecule has 1 aliphatic rings. The zero-order valence-corrected chi connectivity index (χ0v) is 18.1. The first-order chi connectivity index (χ1) is 15.5. The third-order valence-corrected chi connectivity index (χ3v) is 5.48. The number of nitrogens with zero attached hydrogens (tertiary/aromatic N) is 2. The van der Waals surface area contributed by atoms with Crippen LogP contribution < -0.4 is 4.74 Å². The Labute approximate surface area is 190 Å². The molecule has 0 bridgehead atoms. The van der Waals surface area contributed by atoms with E-state index in [2.05, 4.69) is 5.10 Å². The van der Waals surface area contributed by atoms with Gasteiger partial charge in [-0.2, -0.15) is 5.10 Å². The van der Waals surface area contributed by atoms with E-state index in [4.69, 9.17) is 25.5 Å². The van der Waals surface area contributed by atoms with Crippen LogP contribution in [0, 0.1) is 0 Å². The zero-order valence-electron chi connectivity index (χ0n) is 17.4. The number of carbonyl (C=O) groups is 2. The average Bonchev–Trinajstić information content (AvgIpc) is 3.49. The molecule has 1 aliphatic heterocycles. The molecule has 2 aromatic carbocycles. The summed E-state index contributed by atoms with van der Waals surface area (Å²) in [6.45, 7) is -0.431. The van der Waals surface area contributed by atoms with Crippen molar-refractivity contribution in [2.45, 2.75) is 18.9 Å². The molecule has 1 atom stereocenters. The zero-order chi connectivity index (χ0) is 22.5. The van der Waals surface area contributed by atoms with Gasteiger partial charge in [-0.1, -0.05) is 29.8 Å². The molecule has 32 heavy (non-hydrogen) atoms. The molecule has 8 heteroatoms. The first-order valence-corrected chi connectivity index (χ1v) is 10.4. The molecule has 4 rings (SSSR count). The van der Waals surface area contributed by atoms with Crippen molar-refractivity contribution in [1.29, 1.82) is 0 Å². The van der Waals surface area contributed by atoms with Crippen LogP contribution >= 0.6 is 11.6 Å². The Balaban J connectivity index is 1.46. The number of esters is 1. The number of hydrazone groups is 1. The normalized spacial score (nSPS) is 15.4. The van der Waals surface area contributed by atoms with Crippen molar-refractivity contribution < 1.29 is 23.5 Å². The van der Waals surface area contributed by atoms with E-state index in [9.17, 15) is 9.59 Å². The fourth-order valence-corrected chi connectivity index (χ4v) is 3.66. The van der Waals surface area contributed by atoms with Gasteiger partial charge in [-0.05, 0) is 53.6 Å². The van der Waals surface area contributed by atoms with E-state index in [1.54, 1.807) is 49.8 Å². The number of benzene rings is 2. The van der Waals surface area contributed by atoms with Crippen molar-refractivity contribution in [3.63, 3.8) is 0 Å². The molecule has 2 heterocycles. The Morgan fingerprint density at radius 3 is 2.59 bits per heavy atom. The van der Waals surface area contributed by atoms with E-state index < -0.39 is 24.5 Å². The lowest BCUT2D eigenvalue weighted by Gasteiger charge is -2.19. The first-order valence-electron chi connectivity index (χ1n) is 10.0. The van der Waals surface area contributed by atoms with Crippen molar-refractivity contribution in [3.8, 4) is 5.75 Å². The van der Waals surface area contributed by atoms with Crippen LogP contribution in [0.1, 0.15) is 29.3 Å². The third kappa shape index (κ3) is 4.84. The van der Waals surface area contributed by atoms with Crippen LogP contribution in [0.15, 0.2) is 76.4 Å². The van der Waals surface area contributed by atoms with Crippen LogP contribution in [0.4, 0.5) is 0 Å². The number of halogens is 1. The highest BCUT2D eigenvalue weighted by molar-refractivity contribution is 6.31. The molecule has 0 aliphatic carbocycles. The first kappa shape index (κ1) is 21.6. The second-order valence-corrected chi connectivity index (χ2v) is 7.58. The predicted octanol–water partition coefficient (Wildman–Crippen LogP) is 4.41. The molecule has 164 valence electrons. The molecule has 1 aromatic heterocycles. The van der Waals surface area contributed by atoms with Gasteiger partial charge < -0.3 is 13.9 Å². The van der Waals surface area contributed by atoms with E-state index in [0.29, 0.717) is 22.8 Å². The minimum atomic E-state index is -0.542. The highest BCUT2D eigenvalue weighted by Crippen LogP contribution is 2.33. The Bertz CT molecular complexity index is 1130. The van der Waals surface area contributed by atoms with Crippen molar-refractivity contribution in [2.24, 2.45) is 5.10 Å². The van der Waals surface area contributed by atoms with Gasteiger partial charge in [-0.25, -0.2) is 5.01 Å². The summed E-state index contributed by atoms with van der Waals surface area (Å²) in [6.07, 6.45) is 2.00. The van der Waals surface area contributed by atoms with Gasteiger partial charge in [0, 0.05) is 11.4 Å². The molecule has 0 saturated carbocycles. The summed E-state index contributed by atoms with van der Waals surface area (Å²) in [5, 5.41) is 6.31. The Morgan fingerprint density at radius 2 is 1.91 bits per heavy atom. The van der Waals surface area contributed by atoms with Gasteiger partial charge in [0.15, 0.2) is 6.61 Å². The van der Waals surface area contributed by atoms with Crippen LogP contribution in [0.3, 0.4) is 0 Å². The Kier molecular flexibility index (Phi) is 6.56. The smallest absolute Gasteiger partial charge is 0.310 e. The van der Waals surface area contributed by atoms with Crippen LogP contribution in [0.5, 0.6) is 5.75 Å². The van der Waals surface area contributed by atoms with Gasteiger partial charge in [0.1, 0.15) is 17.6 Å². The van der Waals surface area contributed by atoms with Crippen LogP contribution in [-0.4, -0.2) is 36.3 Å². The fraction of sp³-hybridized carbons (Fsp3) is 0.208. The maximum absolute atomic E-state index is 12.9. The Hall–Kier alpha value is -3.58. The molecule has 0 spiro atoms. The van der Waals surface area contributed by atoms with E-state index in [1.807, 2.05) is 24.3 Å². The SMILES string of the molecule is COc1ccc(C2=NN(C(=O)COC(=O)Cc3ccccc3Cl)C(c3ccco3)C2)cc1. The topological polar surface area (TPSA) is 81.3 Å². The molecule has 0 saturated heterocycles. The molecular weight excluding hydrogens is 432 g/mol. The maximum Gasteiger partial charge on any atom is 0.310 e. The molecule has 7 nitrogen and oxygen atoms in total. The lowest BCUT2D eigenvalue weighted by Crippen LogP contribution is -2.31. The summed E-state index contributed by atoms with van der Waals surface area (Å²) in [7, 11) is 1.60. The van der Waals surface area contributed by atoms with Crippen molar-refractivity contribution >= 4 is 29.2 Å². The molecular formula is C24H21ClN2O5. The summed E-state index contributed by atoms with van der Waals surface area (Å²) in [5.41, 5.74) is 2.24. The monoisotopic (exact) mass is 452 g/mol. The number of carbonyl (C=O) groups excluding carboxylic acids is 2. The largest absolute Gasteiger partial charge is 0.497 e. The summed E-state index contributed by atoms with van der Waals surface area (Å²) < 4.78 is 15.9. The fourth-order valence-electron chi connectivity index (χ4n) is 3.46. The Morgan fingerprint density at radius 1 is 1.12 bits per heavy atom. The van der Waals surface area contributed by atoms with Gasteiger partial charge in [0.05, 0.1) is 25.5 Å². The second kappa shape index (κ2) is 9.70. The molecule has 3 aromatic rings. The predicted molar refractivity (Wildman–Crippen MR) is 119 cm³/mol. The maximum atomic E-state index is 12.9. The standard InChI is InChI=1S/C24H21ClN2O5/c1-30-18-10-8-16(9-11-18)20-14-21(22-7-4-12-31-22)27(26-20)23(28)15-32-24(29)13-17-5-2-3-6-19(17)25/h2-12,21H,13-15H2,1H3. The van der Waals surface area contributed by atoms with Gasteiger partial charge in [0.2, 0.25) is 0 Å². The molecule has 1 amide bonds. The summed E-state index contributed by atoms with van der Waals surface area (Å²) >= 11 is 6.09. The molecule has 1 unspecified atom stereocenters. The highest BCUT2D eigenvalue weighted by atomic mass is 35.5. The van der Waals surface area contributed by atoms with E-state index in [0.717, 1.165) is 17.0 Å². The number of furan rings is 1. The minimum absolute atomic E-state index is 0.0189. The van der Waals surface area contributed by atoms with Gasteiger partial charge in [-0.3, -0.25) is 9.59 Å². The van der Waals surface area contributed by atoms with E-state index in [-0.39, 0.29) is 6.42 Å². The summed E-state index contributed by atoms with van der Waals surface area (Å²) in [6, 6.07) is 17.6. The molecule has 0 N–H and O–H groups in total. The van der Waals surface area contributed by atoms with Crippen molar-refractivity contribution in [1.82, 2.24) is 5.01 Å². The number of rotatable bonds is 7. The second-order valence-electron chi connectivity index (χ2n) is 7.18. The average molecular weight is 453 g/mol. The van der Waals surface area contributed by atoms with E-state index >= 15 is 0 Å². The van der Waals surface area contributed by atoms with Gasteiger partial charge in [-0.15, -0.1) is 0 Å². The number of amides is 1. The molecule has 0 fully saturated rings. The highest BCUT2D eigenvalue weighted by Gasteiger charge is 2.35. The minimum Gasteiger partial charge on any atom is -0.497 e. The molecule has 0 radical (unpaired) electrons. The van der Waals surface area contributed by atoms with Gasteiger partial charge >= 0.3 is 5.97 Å². The van der Waals surface area contributed by atoms with E-state index in [1.165, 1.54) is 5.01 Å². The number of ether oxygens (including phenoxy) is 2. The summed E-state index contributed by atoms with van der Waals surface area (Å²) in [5.74, 6) is 0.350. The van der Waals surface area contributed by atoms with Crippen LogP contribution in [-0.2, 0) is 20.7 Å². The lowest BCUT2D eigenvalue weighted by molar-refractivity contribution is -0.152.